The number of urea groups is 1. The number of carbonyl (C=O) groups excluding carboxylic acids is 2. The number of benzene rings is 2. The average Bonchev–Trinajstić information content (AvgIpc) is 3.26. The number of hydrogen-bond donors (Lipinski definition) is 2. The molecule has 0 atom stereocenters. The van der Waals surface area contributed by atoms with Crippen LogP contribution in [0.4, 0.5) is 21.3 Å². The first-order chi connectivity index (χ1) is 14.6. The third-order valence-corrected chi connectivity index (χ3v) is 5.52. The van der Waals surface area contributed by atoms with Crippen LogP contribution < -0.4 is 15.5 Å². The van der Waals surface area contributed by atoms with Gasteiger partial charge in [-0.1, -0.05) is 30.3 Å². The van der Waals surface area contributed by atoms with Crippen molar-refractivity contribution >= 4 is 40.0 Å². The van der Waals surface area contributed by atoms with Gasteiger partial charge in [0.05, 0.1) is 0 Å². The molecule has 1 fully saturated rings. The molecular formula is C21H22N6O2S. The topological polar surface area (TPSA) is 90.5 Å². The lowest BCUT2D eigenvalue weighted by Crippen LogP contribution is -2.50. The Bertz CT molecular complexity index is 1010. The van der Waals surface area contributed by atoms with Crippen LogP contribution >= 0.6 is 11.5 Å². The molecule has 1 aliphatic heterocycles. The van der Waals surface area contributed by atoms with E-state index in [1.54, 1.807) is 29.2 Å². The highest BCUT2D eigenvalue weighted by atomic mass is 32.1. The lowest BCUT2D eigenvalue weighted by molar-refractivity contribution is -0.114. The maximum atomic E-state index is 12.6. The lowest BCUT2D eigenvalue weighted by Gasteiger charge is -2.34. The van der Waals surface area contributed by atoms with E-state index in [4.69, 9.17) is 0 Å². The van der Waals surface area contributed by atoms with E-state index in [1.807, 2.05) is 30.3 Å². The third kappa shape index (κ3) is 4.74. The molecule has 3 amide bonds. The zero-order valence-electron chi connectivity index (χ0n) is 16.5. The number of piperazine rings is 1. The molecule has 8 nitrogen and oxygen atoms in total. The minimum atomic E-state index is -0.135. The van der Waals surface area contributed by atoms with Crippen molar-refractivity contribution in [1.82, 2.24) is 14.3 Å². The van der Waals surface area contributed by atoms with Gasteiger partial charge in [0.15, 0.2) is 5.82 Å². The van der Waals surface area contributed by atoms with Crippen molar-refractivity contribution in [3.8, 4) is 11.4 Å². The molecule has 0 radical (unpaired) electrons. The number of carbonyl (C=O) groups is 2. The number of aromatic nitrogens is 2. The van der Waals surface area contributed by atoms with E-state index in [-0.39, 0.29) is 11.9 Å². The van der Waals surface area contributed by atoms with Crippen LogP contribution in [0.15, 0.2) is 54.6 Å². The van der Waals surface area contributed by atoms with E-state index in [9.17, 15) is 9.59 Å². The van der Waals surface area contributed by atoms with E-state index >= 15 is 0 Å². The van der Waals surface area contributed by atoms with E-state index in [2.05, 4.69) is 24.9 Å². The highest BCUT2D eigenvalue weighted by molar-refractivity contribution is 7.09. The summed E-state index contributed by atoms with van der Waals surface area (Å²) in [6, 6.07) is 16.8. The second-order valence-electron chi connectivity index (χ2n) is 6.93. The molecule has 1 saturated heterocycles. The van der Waals surface area contributed by atoms with Crippen LogP contribution in [0.1, 0.15) is 6.92 Å². The van der Waals surface area contributed by atoms with Gasteiger partial charge in [-0.05, 0) is 24.3 Å². The highest BCUT2D eigenvalue weighted by Crippen LogP contribution is 2.25. The van der Waals surface area contributed by atoms with Gasteiger partial charge >= 0.3 is 6.03 Å². The maximum absolute atomic E-state index is 12.6. The molecule has 2 N–H and O–H groups in total. The summed E-state index contributed by atoms with van der Waals surface area (Å²) in [6.07, 6.45) is 0. The van der Waals surface area contributed by atoms with E-state index < -0.39 is 0 Å². The summed E-state index contributed by atoms with van der Waals surface area (Å²) in [5.74, 6) is 0.606. The third-order valence-electron chi connectivity index (χ3n) is 4.74. The Labute approximate surface area is 178 Å². The van der Waals surface area contributed by atoms with Crippen LogP contribution in [0.5, 0.6) is 0 Å². The van der Waals surface area contributed by atoms with E-state index in [0.717, 1.165) is 16.5 Å². The van der Waals surface area contributed by atoms with Gasteiger partial charge in [0.2, 0.25) is 11.0 Å². The van der Waals surface area contributed by atoms with E-state index in [0.29, 0.717) is 37.6 Å². The highest BCUT2D eigenvalue weighted by Gasteiger charge is 2.23. The molecule has 1 aromatic heterocycles. The summed E-state index contributed by atoms with van der Waals surface area (Å²) in [7, 11) is 0. The summed E-state index contributed by atoms with van der Waals surface area (Å²) in [5.41, 5.74) is 2.39. The van der Waals surface area contributed by atoms with Crippen LogP contribution in [-0.2, 0) is 4.79 Å². The molecule has 154 valence electrons. The Hall–Kier alpha value is -3.46. The predicted octanol–water partition coefficient (Wildman–Crippen LogP) is 3.52. The number of rotatable bonds is 4. The summed E-state index contributed by atoms with van der Waals surface area (Å²) in [5, 5.41) is 6.48. The first kappa shape index (κ1) is 19.8. The standard InChI is InChI=1S/C21H22N6O2S/c1-15(28)22-17-7-9-18(10-8-17)23-20(29)26-11-13-27(14-12-26)21-24-19(25-30-21)16-5-3-2-4-6-16/h2-10H,11-14H2,1H3,(H,22,28)(H,23,29). The molecule has 0 saturated carbocycles. The first-order valence-corrected chi connectivity index (χ1v) is 10.4. The molecule has 0 aliphatic carbocycles. The van der Waals surface area contributed by atoms with Crippen molar-refractivity contribution in [2.24, 2.45) is 0 Å². The molecule has 2 heterocycles. The van der Waals surface area contributed by atoms with Crippen LogP contribution in [0.3, 0.4) is 0 Å². The summed E-state index contributed by atoms with van der Waals surface area (Å²) in [4.78, 5) is 32.3. The zero-order valence-corrected chi connectivity index (χ0v) is 17.4. The van der Waals surface area contributed by atoms with Gasteiger partial charge in [0.25, 0.3) is 0 Å². The molecule has 0 bridgehead atoms. The van der Waals surface area contributed by atoms with Gasteiger partial charge < -0.3 is 20.4 Å². The van der Waals surface area contributed by atoms with Crippen molar-refractivity contribution < 1.29 is 9.59 Å². The van der Waals surface area contributed by atoms with Crippen molar-refractivity contribution in [2.45, 2.75) is 6.92 Å². The lowest BCUT2D eigenvalue weighted by atomic mass is 10.2. The number of hydrogen-bond acceptors (Lipinski definition) is 6. The van der Waals surface area contributed by atoms with Crippen LogP contribution in [-0.4, -0.2) is 52.4 Å². The molecule has 1 aliphatic rings. The monoisotopic (exact) mass is 422 g/mol. The molecule has 9 heteroatoms. The molecular weight excluding hydrogens is 400 g/mol. The van der Waals surface area contributed by atoms with Crippen molar-refractivity contribution in [1.29, 1.82) is 0 Å². The van der Waals surface area contributed by atoms with Gasteiger partial charge in [-0.3, -0.25) is 4.79 Å². The Morgan fingerprint density at radius 1 is 0.900 bits per heavy atom. The molecule has 0 unspecified atom stereocenters. The SMILES string of the molecule is CC(=O)Nc1ccc(NC(=O)N2CCN(c3nc(-c4ccccc4)ns3)CC2)cc1. The second-order valence-corrected chi connectivity index (χ2v) is 7.66. The molecule has 4 rings (SSSR count). The Kier molecular flexibility index (Phi) is 5.89. The zero-order chi connectivity index (χ0) is 20.9. The van der Waals surface area contributed by atoms with Crippen LogP contribution in [0.25, 0.3) is 11.4 Å². The average molecular weight is 423 g/mol. The van der Waals surface area contributed by atoms with Gasteiger partial charge in [0, 0.05) is 61.6 Å². The normalized spacial score (nSPS) is 13.8. The maximum Gasteiger partial charge on any atom is 0.321 e. The van der Waals surface area contributed by atoms with Crippen molar-refractivity contribution in [3.05, 3.63) is 54.6 Å². The minimum absolute atomic E-state index is 0.129. The fourth-order valence-corrected chi connectivity index (χ4v) is 3.93. The molecule has 3 aromatic rings. The molecule has 2 aromatic carbocycles. The Balaban J connectivity index is 1.30. The predicted molar refractivity (Wildman–Crippen MR) is 119 cm³/mol. The fraction of sp³-hybridized carbons (Fsp3) is 0.238. The number of amides is 3. The Morgan fingerprint density at radius 3 is 2.17 bits per heavy atom. The number of nitrogens with one attached hydrogen (secondary N) is 2. The summed E-state index contributed by atoms with van der Waals surface area (Å²) in [6.45, 7) is 4.09. The fourth-order valence-electron chi connectivity index (χ4n) is 3.19. The first-order valence-electron chi connectivity index (χ1n) is 9.66. The number of anilines is 3. The summed E-state index contributed by atoms with van der Waals surface area (Å²) < 4.78 is 4.47. The minimum Gasteiger partial charge on any atom is -0.343 e. The second kappa shape index (κ2) is 8.91. The van der Waals surface area contributed by atoms with Crippen molar-refractivity contribution in [2.75, 3.05) is 41.7 Å². The van der Waals surface area contributed by atoms with Gasteiger partial charge in [0.1, 0.15) is 0 Å². The largest absolute Gasteiger partial charge is 0.343 e. The van der Waals surface area contributed by atoms with Gasteiger partial charge in [-0.2, -0.15) is 9.36 Å². The molecule has 30 heavy (non-hydrogen) atoms. The smallest absolute Gasteiger partial charge is 0.321 e. The van der Waals surface area contributed by atoms with Gasteiger partial charge in [-0.15, -0.1) is 0 Å². The van der Waals surface area contributed by atoms with Crippen LogP contribution in [0, 0.1) is 0 Å². The number of nitrogens with zero attached hydrogens (tertiary/aromatic N) is 4. The van der Waals surface area contributed by atoms with E-state index in [1.165, 1.54) is 18.5 Å². The quantitative estimate of drug-likeness (QED) is 0.671. The molecule has 0 spiro atoms. The Morgan fingerprint density at radius 2 is 1.53 bits per heavy atom. The van der Waals surface area contributed by atoms with Crippen LogP contribution in [0.2, 0.25) is 0 Å². The summed E-state index contributed by atoms with van der Waals surface area (Å²) >= 11 is 1.38. The van der Waals surface area contributed by atoms with Crippen molar-refractivity contribution in [3.63, 3.8) is 0 Å². The van der Waals surface area contributed by atoms with Gasteiger partial charge in [-0.25, -0.2) is 4.79 Å².